The van der Waals surface area contributed by atoms with Crippen molar-refractivity contribution in [2.45, 2.75) is 38.8 Å². The summed E-state index contributed by atoms with van der Waals surface area (Å²) in [6.07, 6.45) is -0.248. The molecule has 1 atom stereocenters. The lowest BCUT2D eigenvalue weighted by Crippen LogP contribution is -2.44. The number of carbonyl (C=O) groups is 3. The van der Waals surface area contributed by atoms with Gasteiger partial charge in [-0.3, -0.25) is 9.59 Å². The van der Waals surface area contributed by atoms with Crippen LogP contribution in [0.4, 0.5) is 0 Å². The molecule has 0 bridgehead atoms. The molecular formula is C9H15NO5. The number of Topliss-reactive ketones (excluding diaryl/α,β-unsaturated/α-hetero) is 1. The number of nitrogens with one attached hydrogen (secondary N) is 1. The van der Waals surface area contributed by atoms with Gasteiger partial charge in [0.1, 0.15) is 0 Å². The van der Waals surface area contributed by atoms with Gasteiger partial charge in [0.2, 0.25) is 0 Å². The van der Waals surface area contributed by atoms with Crippen LogP contribution in [0.2, 0.25) is 0 Å². The lowest BCUT2D eigenvalue weighted by atomic mass is 10.1. The fourth-order valence-corrected chi connectivity index (χ4v) is 1.11. The molecule has 0 aromatic rings. The summed E-state index contributed by atoms with van der Waals surface area (Å²) in [5, 5.41) is 19.6. The van der Waals surface area contributed by atoms with Crippen molar-refractivity contribution >= 4 is 17.7 Å². The van der Waals surface area contributed by atoms with Gasteiger partial charge in [0.05, 0.1) is 6.04 Å². The Hall–Kier alpha value is -1.43. The third-order valence-corrected chi connectivity index (χ3v) is 1.71. The van der Waals surface area contributed by atoms with Crippen LogP contribution in [0, 0.1) is 0 Å². The first-order valence-electron chi connectivity index (χ1n) is 4.59. The molecule has 0 radical (unpaired) electrons. The summed E-state index contributed by atoms with van der Waals surface area (Å²) >= 11 is 0. The summed E-state index contributed by atoms with van der Waals surface area (Å²) in [6, 6.07) is -1.01. The molecule has 6 heteroatoms. The molecule has 0 spiro atoms. The Morgan fingerprint density at radius 2 is 1.73 bits per heavy atom. The number of carboxylic acids is 2. The Morgan fingerprint density at radius 1 is 1.20 bits per heavy atom. The lowest BCUT2D eigenvalue weighted by Gasteiger charge is -2.17. The summed E-state index contributed by atoms with van der Waals surface area (Å²) in [6.45, 7) is 3.51. The number of carbonyl (C=O) groups excluding carboxylic acids is 1. The zero-order valence-corrected chi connectivity index (χ0v) is 8.69. The van der Waals surface area contributed by atoms with Gasteiger partial charge in [0.25, 0.3) is 5.78 Å². The van der Waals surface area contributed by atoms with Crippen molar-refractivity contribution in [1.82, 2.24) is 5.32 Å². The van der Waals surface area contributed by atoms with Crippen molar-refractivity contribution in [3.63, 3.8) is 0 Å². The normalized spacial score (nSPS) is 12.5. The smallest absolute Gasteiger partial charge is 0.373 e. The molecule has 0 aliphatic carbocycles. The van der Waals surface area contributed by atoms with Gasteiger partial charge in [-0.25, -0.2) is 4.79 Å². The van der Waals surface area contributed by atoms with Crippen LogP contribution in [0.25, 0.3) is 0 Å². The van der Waals surface area contributed by atoms with Gasteiger partial charge >= 0.3 is 11.9 Å². The van der Waals surface area contributed by atoms with Gasteiger partial charge in [-0.05, 0) is 6.42 Å². The van der Waals surface area contributed by atoms with E-state index in [1.54, 1.807) is 13.8 Å². The Bertz CT molecular complexity index is 261. The van der Waals surface area contributed by atoms with Crippen molar-refractivity contribution in [3.8, 4) is 0 Å². The SMILES string of the molecule is CC(C)N[C@@H](CCC(=O)O)C(=O)C(=O)O. The summed E-state index contributed by atoms with van der Waals surface area (Å²) in [5.74, 6) is -3.59. The third-order valence-electron chi connectivity index (χ3n) is 1.71. The van der Waals surface area contributed by atoms with Crippen LogP contribution in [-0.2, 0) is 14.4 Å². The number of hydrogen-bond acceptors (Lipinski definition) is 4. The second kappa shape index (κ2) is 6.13. The Balaban J connectivity index is 4.36. The topological polar surface area (TPSA) is 104 Å². The van der Waals surface area contributed by atoms with E-state index in [1.165, 1.54) is 0 Å². The Kier molecular flexibility index (Phi) is 5.54. The van der Waals surface area contributed by atoms with E-state index < -0.39 is 23.8 Å². The number of ketones is 1. The van der Waals surface area contributed by atoms with Crippen molar-refractivity contribution < 1.29 is 24.6 Å². The highest BCUT2D eigenvalue weighted by Gasteiger charge is 2.25. The highest BCUT2D eigenvalue weighted by atomic mass is 16.4. The van der Waals surface area contributed by atoms with Crippen LogP contribution >= 0.6 is 0 Å². The van der Waals surface area contributed by atoms with E-state index >= 15 is 0 Å². The van der Waals surface area contributed by atoms with Gasteiger partial charge in [0.15, 0.2) is 0 Å². The second-order valence-corrected chi connectivity index (χ2v) is 3.48. The fourth-order valence-electron chi connectivity index (χ4n) is 1.11. The van der Waals surface area contributed by atoms with Crippen molar-refractivity contribution in [2.24, 2.45) is 0 Å². The Morgan fingerprint density at radius 3 is 2.07 bits per heavy atom. The minimum Gasteiger partial charge on any atom is -0.481 e. The number of carboxylic acid groups (broad SMARTS) is 2. The predicted molar refractivity (Wildman–Crippen MR) is 51.6 cm³/mol. The monoisotopic (exact) mass is 217 g/mol. The number of hydrogen-bond donors (Lipinski definition) is 3. The first kappa shape index (κ1) is 13.6. The maximum Gasteiger partial charge on any atom is 0.373 e. The quantitative estimate of drug-likeness (QED) is 0.513. The van der Waals surface area contributed by atoms with Crippen LogP contribution in [0.3, 0.4) is 0 Å². The maximum atomic E-state index is 11.1. The van der Waals surface area contributed by atoms with Crippen LogP contribution in [0.1, 0.15) is 26.7 Å². The van der Waals surface area contributed by atoms with E-state index in [0.717, 1.165) is 0 Å². The highest BCUT2D eigenvalue weighted by molar-refractivity contribution is 6.34. The molecule has 0 aromatic heterocycles. The summed E-state index contributed by atoms with van der Waals surface area (Å²) in [4.78, 5) is 31.9. The molecule has 15 heavy (non-hydrogen) atoms. The zero-order valence-electron chi connectivity index (χ0n) is 8.69. The molecule has 0 saturated heterocycles. The molecule has 0 rings (SSSR count). The van der Waals surface area contributed by atoms with Crippen molar-refractivity contribution in [3.05, 3.63) is 0 Å². The molecule has 0 amide bonds. The largest absolute Gasteiger partial charge is 0.481 e. The van der Waals surface area contributed by atoms with E-state index in [0.29, 0.717) is 0 Å². The molecule has 0 aromatic carbocycles. The molecule has 0 heterocycles. The average Bonchev–Trinajstić information content (AvgIpc) is 2.10. The van der Waals surface area contributed by atoms with E-state index in [4.69, 9.17) is 10.2 Å². The van der Waals surface area contributed by atoms with E-state index in [-0.39, 0.29) is 18.9 Å². The van der Waals surface area contributed by atoms with Crippen LogP contribution in [0.15, 0.2) is 0 Å². The summed E-state index contributed by atoms with van der Waals surface area (Å²) in [5.41, 5.74) is 0. The fraction of sp³-hybridized carbons (Fsp3) is 0.667. The molecule has 0 saturated carbocycles. The molecule has 86 valence electrons. The van der Waals surface area contributed by atoms with E-state index in [1.807, 2.05) is 0 Å². The minimum atomic E-state index is -1.54. The number of rotatable bonds is 7. The first-order valence-corrected chi connectivity index (χ1v) is 4.59. The molecule has 0 fully saturated rings. The van der Waals surface area contributed by atoms with Crippen molar-refractivity contribution in [1.29, 1.82) is 0 Å². The minimum absolute atomic E-state index is 0.0152. The maximum absolute atomic E-state index is 11.1. The third kappa shape index (κ3) is 5.79. The standard InChI is InChI=1S/C9H15NO5/c1-5(2)10-6(3-4-7(11)12)8(13)9(14)15/h5-6,10H,3-4H2,1-2H3,(H,11,12)(H,14,15)/t6-/m0/s1. The molecular weight excluding hydrogens is 202 g/mol. The van der Waals surface area contributed by atoms with Crippen LogP contribution < -0.4 is 5.32 Å². The molecule has 0 aliphatic rings. The van der Waals surface area contributed by atoms with Gasteiger partial charge in [-0.15, -0.1) is 0 Å². The van der Waals surface area contributed by atoms with Gasteiger partial charge in [0, 0.05) is 12.5 Å². The number of aliphatic carboxylic acids is 2. The van der Waals surface area contributed by atoms with Gasteiger partial charge in [-0.2, -0.15) is 0 Å². The van der Waals surface area contributed by atoms with Gasteiger partial charge < -0.3 is 15.5 Å². The Labute approximate surface area is 87.3 Å². The zero-order chi connectivity index (χ0) is 12.0. The first-order chi connectivity index (χ1) is 6.84. The predicted octanol–water partition coefficient (Wildman–Crippen LogP) is -0.129. The van der Waals surface area contributed by atoms with Crippen molar-refractivity contribution in [2.75, 3.05) is 0 Å². The van der Waals surface area contributed by atoms with Crippen LogP contribution in [0.5, 0.6) is 0 Å². The van der Waals surface area contributed by atoms with E-state index in [2.05, 4.69) is 5.32 Å². The molecule has 3 N–H and O–H groups in total. The summed E-state index contributed by atoms with van der Waals surface area (Å²) < 4.78 is 0. The van der Waals surface area contributed by atoms with Gasteiger partial charge in [-0.1, -0.05) is 13.8 Å². The summed E-state index contributed by atoms with van der Waals surface area (Å²) in [7, 11) is 0. The molecule has 6 nitrogen and oxygen atoms in total. The average molecular weight is 217 g/mol. The van der Waals surface area contributed by atoms with Crippen LogP contribution in [-0.4, -0.2) is 40.0 Å². The molecule has 0 unspecified atom stereocenters. The highest BCUT2D eigenvalue weighted by Crippen LogP contribution is 2.01. The van der Waals surface area contributed by atoms with E-state index in [9.17, 15) is 14.4 Å². The lowest BCUT2D eigenvalue weighted by molar-refractivity contribution is -0.150. The molecule has 0 aliphatic heterocycles. The second-order valence-electron chi connectivity index (χ2n) is 3.48.